The van der Waals surface area contributed by atoms with E-state index in [0.29, 0.717) is 12.8 Å². The third-order valence-corrected chi connectivity index (χ3v) is 4.41. The fraction of sp³-hybridized carbons (Fsp3) is 0.222. The second-order valence-electron chi connectivity index (χ2n) is 5.79. The number of H-pyrrole nitrogens is 1. The molecule has 0 bridgehead atoms. The Hall–Kier alpha value is -2.62. The lowest BCUT2D eigenvalue weighted by atomic mass is 10.0. The Morgan fingerprint density at radius 1 is 1.23 bits per heavy atom. The lowest BCUT2D eigenvalue weighted by molar-refractivity contribution is -0.138. The van der Waals surface area contributed by atoms with E-state index in [9.17, 15) is 9.90 Å². The Morgan fingerprint density at radius 3 is 2.91 bits per heavy atom. The summed E-state index contributed by atoms with van der Waals surface area (Å²) in [5.41, 5.74) is 2.92. The van der Waals surface area contributed by atoms with Gasteiger partial charge in [-0.3, -0.25) is 4.79 Å². The molecule has 0 saturated carbocycles. The van der Waals surface area contributed by atoms with Crippen molar-refractivity contribution in [3.05, 3.63) is 65.2 Å². The predicted octanol–water partition coefficient (Wildman–Crippen LogP) is 3.27. The maximum absolute atomic E-state index is 11.3. The molecule has 4 nitrogen and oxygen atoms in total. The second-order valence-corrected chi connectivity index (χ2v) is 5.79. The third-order valence-electron chi connectivity index (χ3n) is 4.41. The largest absolute Gasteiger partial charge is 0.481 e. The number of aromatic nitrogens is 2. The molecular formula is C18H16N2O2. The van der Waals surface area contributed by atoms with Crippen LogP contribution in [-0.2, 0) is 17.6 Å². The Kier molecular flexibility index (Phi) is 2.96. The van der Waals surface area contributed by atoms with Crippen LogP contribution in [0.5, 0.6) is 0 Å². The van der Waals surface area contributed by atoms with Crippen molar-refractivity contribution < 1.29 is 9.90 Å². The van der Waals surface area contributed by atoms with Gasteiger partial charge in [0.25, 0.3) is 0 Å². The molecule has 2 N–H and O–H groups in total. The average molecular weight is 292 g/mol. The number of fused-ring (bicyclic) bond motifs is 2. The molecule has 0 spiro atoms. The van der Waals surface area contributed by atoms with Crippen LogP contribution in [0.1, 0.15) is 35.1 Å². The molecule has 1 unspecified atom stereocenters. The third kappa shape index (κ3) is 2.08. The Balaban J connectivity index is 1.70. The first kappa shape index (κ1) is 13.1. The number of benzene rings is 2. The van der Waals surface area contributed by atoms with Gasteiger partial charge in [0.15, 0.2) is 0 Å². The molecule has 2 aromatic carbocycles. The van der Waals surface area contributed by atoms with Crippen molar-refractivity contribution in [2.24, 2.45) is 0 Å². The highest BCUT2D eigenvalue weighted by Gasteiger charge is 2.31. The number of hydrogen-bond acceptors (Lipinski definition) is 2. The van der Waals surface area contributed by atoms with Crippen LogP contribution in [0.3, 0.4) is 0 Å². The highest BCUT2D eigenvalue weighted by molar-refractivity contribution is 5.85. The summed E-state index contributed by atoms with van der Waals surface area (Å²) in [5, 5.41) is 11.7. The lowest BCUT2D eigenvalue weighted by Crippen LogP contribution is -2.08. The van der Waals surface area contributed by atoms with Gasteiger partial charge in [0.1, 0.15) is 11.7 Å². The first-order valence-electron chi connectivity index (χ1n) is 7.49. The number of imidazole rings is 1. The summed E-state index contributed by atoms with van der Waals surface area (Å²) in [6, 6.07) is 14.5. The Labute approximate surface area is 127 Å². The van der Waals surface area contributed by atoms with Crippen LogP contribution < -0.4 is 0 Å². The van der Waals surface area contributed by atoms with Crippen molar-refractivity contribution in [1.82, 2.24) is 9.97 Å². The molecule has 22 heavy (non-hydrogen) atoms. The zero-order valence-corrected chi connectivity index (χ0v) is 12.0. The van der Waals surface area contributed by atoms with Crippen LogP contribution in [0.25, 0.3) is 10.8 Å². The van der Waals surface area contributed by atoms with Gasteiger partial charge in [0.05, 0.1) is 5.69 Å². The molecule has 3 aromatic rings. The smallest absolute Gasteiger partial charge is 0.312 e. The van der Waals surface area contributed by atoms with E-state index in [4.69, 9.17) is 0 Å². The van der Waals surface area contributed by atoms with Gasteiger partial charge in [-0.25, -0.2) is 4.98 Å². The summed E-state index contributed by atoms with van der Waals surface area (Å²) in [7, 11) is 0. The highest BCUT2D eigenvalue weighted by atomic mass is 16.4. The molecule has 4 rings (SSSR count). The van der Waals surface area contributed by atoms with Crippen LogP contribution in [0.2, 0.25) is 0 Å². The standard InChI is InChI=1S/C18H16N2O2/c21-18(22)14-8-9-15-17(14)20-16(19-15)10-12-6-3-5-11-4-1-2-7-13(11)12/h1-7,14H,8-10H2,(H,19,20)(H,21,22). The first-order chi connectivity index (χ1) is 10.7. The van der Waals surface area contributed by atoms with Gasteiger partial charge in [0, 0.05) is 12.1 Å². The molecule has 1 aromatic heterocycles. The summed E-state index contributed by atoms with van der Waals surface area (Å²) >= 11 is 0. The number of aryl methyl sites for hydroxylation is 1. The molecule has 110 valence electrons. The van der Waals surface area contributed by atoms with Gasteiger partial charge < -0.3 is 10.1 Å². The van der Waals surface area contributed by atoms with Crippen molar-refractivity contribution in [3.63, 3.8) is 0 Å². The number of carboxylic acids is 1. The normalized spacial score (nSPS) is 16.8. The van der Waals surface area contributed by atoms with Crippen molar-refractivity contribution in [2.75, 3.05) is 0 Å². The van der Waals surface area contributed by atoms with E-state index in [-0.39, 0.29) is 0 Å². The van der Waals surface area contributed by atoms with E-state index >= 15 is 0 Å². The van der Waals surface area contributed by atoms with Crippen LogP contribution >= 0.6 is 0 Å². The van der Waals surface area contributed by atoms with Gasteiger partial charge in [-0.15, -0.1) is 0 Å². The van der Waals surface area contributed by atoms with Crippen LogP contribution in [0, 0.1) is 0 Å². The summed E-state index contributed by atoms with van der Waals surface area (Å²) < 4.78 is 0. The molecule has 0 radical (unpaired) electrons. The van der Waals surface area contributed by atoms with E-state index < -0.39 is 11.9 Å². The minimum Gasteiger partial charge on any atom is -0.481 e. The number of rotatable bonds is 3. The van der Waals surface area contributed by atoms with Crippen LogP contribution in [0.4, 0.5) is 0 Å². The zero-order chi connectivity index (χ0) is 15.1. The monoisotopic (exact) mass is 292 g/mol. The SMILES string of the molecule is O=C(O)C1CCc2[nH]c(Cc3cccc4ccccc34)nc21. The summed E-state index contributed by atoms with van der Waals surface area (Å²) in [5.74, 6) is -0.373. The minimum atomic E-state index is -0.776. The topological polar surface area (TPSA) is 66.0 Å². The molecule has 1 atom stereocenters. The Bertz CT molecular complexity index is 861. The van der Waals surface area contributed by atoms with Gasteiger partial charge in [-0.05, 0) is 29.2 Å². The van der Waals surface area contributed by atoms with Crippen molar-refractivity contribution in [1.29, 1.82) is 0 Å². The van der Waals surface area contributed by atoms with Gasteiger partial charge in [-0.1, -0.05) is 42.5 Å². The minimum absolute atomic E-state index is 0.451. The zero-order valence-electron chi connectivity index (χ0n) is 12.0. The fourth-order valence-corrected chi connectivity index (χ4v) is 3.33. The number of hydrogen-bond donors (Lipinski definition) is 2. The van der Waals surface area contributed by atoms with E-state index in [1.165, 1.54) is 16.3 Å². The molecule has 0 amide bonds. The predicted molar refractivity (Wildman–Crippen MR) is 84.0 cm³/mol. The van der Waals surface area contributed by atoms with E-state index in [1.54, 1.807) is 0 Å². The molecular weight excluding hydrogens is 276 g/mol. The quantitative estimate of drug-likeness (QED) is 0.778. The molecule has 1 heterocycles. The summed E-state index contributed by atoms with van der Waals surface area (Å²) in [4.78, 5) is 19.1. The molecule has 1 aliphatic carbocycles. The summed E-state index contributed by atoms with van der Waals surface area (Å²) in [6.45, 7) is 0. The molecule has 1 aliphatic rings. The van der Waals surface area contributed by atoms with Crippen molar-refractivity contribution >= 4 is 16.7 Å². The number of carboxylic acid groups (broad SMARTS) is 1. The van der Waals surface area contributed by atoms with Crippen LogP contribution in [-0.4, -0.2) is 21.0 Å². The number of aromatic amines is 1. The number of nitrogens with one attached hydrogen (secondary N) is 1. The Morgan fingerprint density at radius 2 is 2.05 bits per heavy atom. The summed E-state index contributed by atoms with van der Waals surface area (Å²) in [6.07, 6.45) is 2.12. The first-order valence-corrected chi connectivity index (χ1v) is 7.49. The van der Waals surface area contributed by atoms with Crippen LogP contribution in [0.15, 0.2) is 42.5 Å². The molecule has 0 fully saturated rings. The number of aliphatic carboxylic acids is 1. The number of carbonyl (C=O) groups is 1. The van der Waals surface area contributed by atoms with E-state index in [2.05, 4.69) is 34.2 Å². The lowest BCUT2D eigenvalue weighted by Gasteiger charge is -2.05. The average Bonchev–Trinajstić information content (AvgIpc) is 3.07. The fourth-order valence-electron chi connectivity index (χ4n) is 3.33. The molecule has 4 heteroatoms. The van der Waals surface area contributed by atoms with Crippen molar-refractivity contribution in [3.8, 4) is 0 Å². The maximum Gasteiger partial charge on any atom is 0.312 e. The number of nitrogens with zero attached hydrogens (tertiary/aromatic N) is 1. The van der Waals surface area contributed by atoms with E-state index in [1.807, 2.05) is 18.2 Å². The van der Waals surface area contributed by atoms with Crippen molar-refractivity contribution in [2.45, 2.75) is 25.2 Å². The maximum atomic E-state index is 11.3. The van der Waals surface area contributed by atoms with Gasteiger partial charge in [-0.2, -0.15) is 0 Å². The molecule has 0 saturated heterocycles. The molecule has 0 aliphatic heterocycles. The highest BCUT2D eigenvalue weighted by Crippen LogP contribution is 2.32. The van der Waals surface area contributed by atoms with Gasteiger partial charge >= 0.3 is 5.97 Å². The van der Waals surface area contributed by atoms with E-state index in [0.717, 1.165) is 23.6 Å². The second kappa shape index (κ2) is 4.98. The van der Waals surface area contributed by atoms with Gasteiger partial charge in [0.2, 0.25) is 0 Å².